The van der Waals surface area contributed by atoms with E-state index in [1.54, 1.807) is 0 Å². The van der Waals surface area contributed by atoms with E-state index in [-0.39, 0.29) is 16.6 Å². The number of allylic oxidation sites excluding steroid dienone is 4. The first kappa shape index (κ1) is 19.8. The van der Waals surface area contributed by atoms with E-state index in [1.807, 2.05) is 18.2 Å². The second kappa shape index (κ2) is 6.93. The number of aryl methyl sites for hydroxylation is 1. The fraction of sp³-hybridized carbons (Fsp3) is 0.556. The zero-order valence-electron chi connectivity index (χ0n) is 18.2. The number of nitrogen functional groups attached to an aromatic ring is 1. The summed E-state index contributed by atoms with van der Waals surface area (Å²) in [5.41, 5.74) is 10.6. The summed E-state index contributed by atoms with van der Waals surface area (Å²) in [5.74, 6) is 2.23. The van der Waals surface area contributed by atoms with Gasteiger partial charge in [0.1, 0.15) is 5.78 Å². The normalized spacial score (nSPS) is 37.7. The third-order valence-electron chi connectivity index (χ3n) is 9.12. The molecular formula is C27H33NO2. The molecule has 0 aromatic heterocycles. The molecule has 5 rings (SSSR count). The van der Waals surface area contributed by atoms with E-state index >= 15 is 0 Å². The highest BCUT2D eigenvalue weighted by Crippen LogP contribution is 2.64. The van der Waals surface area contributed by atoms with Crippen molar-refractivity contribution in [1.82, 2.24) is 0 Å². The Morgan fingerprint density at radius 1 is 0.900 bits per heavy atom. The quantitative estimate of drug-likeness (QED) is 0.683. The van der Waals surface area contributed by atoms with Gasteiger partial charge in [-0.1, -0.05) is 37.6 Å². The van der Waals surface area contributed by atoms with Crippen LogP contribution >= 0.6 is 0 Å². The van der Waals surface area contributed by atoms with Crippen LogP contribution in [-0.4, -0.2) is 11.6 Å². The highest BCUT2D eigenvalue weighted by Gasteiger charge is 2.59. The summed E-state index contributed by atoms with van der Waals surface area (Å²) in [7, 11) is 0. The number of hydrogen-bond acceptors (Lipinski definition) is 3. The first-order valence-electron chi connectivity index (χ1n) is 11.6. The number of Topliss-reactive ketones (excluding diaryl/α,β-unsaturated/α-hetero) is 1. The molecule has 3 heteroatoms. The lowest BCUT2D eigenvalue weighted by Crippen LogP contribution is -2.50. The molecule has 0 radical (unpaired) electrons. The summed E-state index contributed by atoms with van der Waals surface area (Å²) in [4.78, 5) is 25.1. The van der Waals surface area contributed by atoms with Crippen molar-refractivity contribution in [1.29, 1.82) is 0 Å². The molecule has 30 heavy (non-hydrogen) atoms. The van der Waals surface area contributed by atoms with Crippen LogP contribution in [0.25, 0.3) is 0 Å². The average molecular weight is 404 g/mol. The van der Waals surface area contributed by atoms with Crippen LogP contribution in [0.2, 0.25) is 0 Å². The molecule has 0 aliphatic heterocycles. The van der Waals surface area contributed by atoms with Gasteiger partial charge in [-0.25, -0.2) is 0 Å². The Bertz CT molecular complexity index is 956. The summed E-state index contributed by atoms with van der Waals surface area (Å²) in [6.45, 7) is 4.62. The van der Waals surface area contributed by atoms with Gasteiger partial charge in [0.15, 0.2) is 5.78 Å². The summed E-state index contributed by atoms with van der Waals surface area (Å²) in [6, 6.07) is 8.18. The van der Waals surface area contributed by atoms with Crippen LogP contribution in [-0.2, 0) is 16.0 Å². The molecule has 0 bridgehead atoms. The summed E-state index contributed by atoms with van der Waals surface area (Å²) in [6.07, 6.45) is 11.8. The average Bonchev–Trinajstić information content (AvgIpc) is 3.03. The second-order valence-electron chi connectivity index (χ2n) is 10.6. The largest absolute Gasteiger partial charge is 0.399 e. The molecule has 2 saturated carbocycles. The van der Waals surface area contributed by atoms with Crippen LogP contribution in [0.1, 0.15) is 64.4 Å². The Morgan fingerprint density at radius 3 is 2.40 bits per heavy atom. The zero-order chi connectivity index (χ0) is 21.1. The number of fused-ring (bicyclic) bond motifs is 5. The predicted octanol–water partition coefficient (Wildman–Crippen LogP) is 5.45. The Labute approximate surface area is 179 Å². The lowest BCUT2D eigenvalue weighted by molar-refractivity contribution is -0.130. The van der Waals surface area contributed by atoms with Crippen LogP contribution in [0.5, 0.6) is 0 Å². The predicted molar refractivity (Wildman–Crippen MR) is 120 cm³/mol. The first-order chi connectivity index (χ1) is 14.3. The molecule has 2 fully saturated rings. The molecule has 0 saturated heterocycles. The lowest BCUT2D eigenvalue weighted by Gasteiger charge is -2.56. The number of hydrogen-bond donors (Lipinski definition) is 1. The van der Waals surface area contributed by atoms with E-state index in [1.165, 1.54) is 16.7 Å². The van der Waals surface area contributed by atoms with E-state index in [9.17, 15) is 9.59 Å². The van der Waals surface area contributed by atoms with Gasteiger partial charge in [-0.05, 0) is 91.0 Å². The van der Waals surface area contributed by atoms with Crippen LogP contribution < -0.4 is 5.73 Å². The van der Waals surface area contributed by atoms with E-state index in [0.29, 0.717) is 30.0 Å². The van der Waals surface area contributed by atoms with Crippen molar-refractivity contribution in [3.8, 4) is 0 Å². The van der Waals surface area contributed by atoms with E-state index in [4.69, 9.17) is 5.73 Å². The SMILES string of the molecule is C[C@]12CCC(=O)C=C1C=C(CCc1ccc(N)cc1)[C@@H]1[C@@H]2CC[C@]2(C)C(=O)CC[C@@H]12. The fourth-order valence-corrected chi connectivity index (χ4v) is 7.20. The zero-order valence-corrected chi connectivity index (χ0v) is 18.2. The number of ketones is 2. The lowest BCUT2D eigenvalue weighted by atomic mass is 9.47. The van der Waals surface area contributed by atoms with Gasteiger partial charge in [0.2, 0.25) is 0 Å². The number of carbonyl (C=O) groups is 2. The van der Waals surface area contributed by atoms with Crippen molar-refractivity contribution in [2.24, 2.45) is 28.6 Å². The minimum atomic E-state index is -0.149. The molecule has 0 unspecified atom stereocenters. The molecule has 1 aromatic carbocycles. The summed E-state index contributed by atoms with van der Waals surface area (Å²) < 4.78 is 0. The Morgan fingerprint density at radius 2 is 1.63 bits per heavy atom. The summed E-state index contributed by atoms with van der Waals surface area (Å²) in [5, 5.41) is 0. The number of rotatable bonds is 3. The maximum Gasteiger partial charge on any atom is 0.156 e. The Kier molecular flexibility index (Phi) is 4.57. The van der Waals surface area contributed by atoms with Crippen LogP contribution in [0.3, 0.4) is 0 Å². The molecule has 1 aromatic rings. The van der Waals surface area contributed by atoms with Gasteiger partial charge in [-0.2, -0.15) is 0 Å². The molecule has 3 nitrogen and oxygen atoms in total. The van der Waals surface area contributed by atoms with Gasteiger partial charge >= 0.3 is 0 Å². The van der Waals surface area contributed by atoms with E-state index in [2.05, 4.69) is 32.1 Å². The maximum atomic E-state index is 12.8. The monoisotopic (exact) mass is 403 g/mol. The number of anilines is 1. The highest BCUT2D eigenvalue weighted by atomic mass is 16.1. The van der Waals surface area contributed by atoms with Crippen molar-refractivity contribution in [3.63, 3.8) is 0 Å². The van der Waals surface area contributed by atoms with Gasteiger partial charge in [-0.15, -0.1) is 0 Å². The number of benzene rings is 1. The fourth-order valence-electron chi connectivity index (χ4n) is 7.20. The minimum absolute atomic E-state index is 0.0796. The van der Waals surface area contributed by atoms with Gasteiger partial charge in [0.05, 0.1) is 0 Å². The van der Waals surface area contributed by atoms with Crippen molar-refractivity contribution in [3.05, 3.63) is 53.1 Å². The molecular weight excluding hydrogens is 370 g/mol. The van der Waals surface area contributed by atoms with Crippen LogP contribution in [0.15, 0.2) is 47.6 Å². The van der Waals surface area contributed by atoms with Gasteiger partial charge in [0, 0.05) is 23.9 Å². The smallest absolute Gasteiger partial charge is 0.156 e. The third-order valence-corrected chi connectivity index (χ3v) is 9.12. The standard InChI is InChI=1S/C27H33NO2/c1-26-13-11-21(29)16-19(26)15-18(6-3-17-4-7-20(28)8-5-17)25-22-9-10-24(30)27(22,2)14-12-23(25)26/h4-5,7-8,15-16,22-23,25H,3,6,9-14,28H2,1-2H3/t22-,23-,25-,26-,27-/m0/s1. The third kappa shape index (κ3) is 2.92. The molecule has 0 heterocycles. The molecule has 4 aliphatic carbocycles. The van der Waals surface area contributed by atoms with Crippen molar-refractivity contribution in [2.45, 2.75) is 65.2 Å². The maximum absolute atomic E-state index is 12.8. The molecule has 0 spiro atoms. The van der Waals surface area contributed by atoms with E-state index < -0.39 is 0 Å². The van der Waals surface area contributed by atoms with Crippen molar-refractivity contribution in [2.75, 3.05) is 5.73 Å². The topological polar surface area (TPSA) is 60.2 Å². The molecule has 5 atom stereocenters. The second-order valence-corrected chi connectivity index (χ2v) is 10.6. The van der Waals surface area contributed by atoms with E-state index in [0.717, 1.165) is 50.6 Å². The highest BCUT2D eigenvalue weighted by molar-refractivity contribution is 5.92. The number of carbonyl (C=O) groups excluding carboxylic acids is 2. The van der Waals surface area contributed by atoms with Gasteiger partial charge in [0.25, 0.3) is 0 Å². The van der Waals surface area contributed by atoms with Crippen molar-refractivity contribution < 1.29 is 9.59 Å². The van der Waals surface area contributed by atoms with Gasteiger partial charge in [-0.3, -0.25) is 9.59 Å². The Hall–Kier alpha value is -2.16. The minimum Gasteiger partial charge on any atom is -0.399 e. The van der Waals surface area contributed by atoms with Gasteiger partial charge < -0.3 is 5.73 Å². The first-order valence-corrected chi connectivity index (χ1v) is 11.6. The summed E-state index contributed by atoms with van der Waals surface area (Å²) >= 11 is 0. The molecule has 4 aliphatic rings. The number of nitrogens with two attached hydrogens (primary N) is 1. The molecule has 0 amide bonds. The van der Waals surface area contributed by atoms with Crippen LogP contribution in [0, 0.1) is 28.6 Å². The molecule has 158 valence electrons. The Balaban J connectivity index is 1.53. The molecule has 2 N–H and O–H groups in total. The van der Waals surface area contributed by atoms with Crippen molar-refractivity contribution >= 4 is 17.3 Å². The van der Waals surface area contributed by atoms with Crippen LogP contribution in [0.4, 0.5) is 5.69 Å².